The maximum absolute atomic E-state index is 9.56. The zero-order valence-corrected chi connectivity index (χ0v) is 5.61. The minimum atomic E-state index is -0.897. The molecule has 0 aromatic heterocycles. The lowest BCUT2D eigenvalue weighted by Crippen LogP contribution is -2.12. The number of nitrogens with one attached hydrogen (secondary N) is 1. The van der Waals surface area contributed by atoms with E-state index in [1.807, 2.05) is 12.0 Å². The van der Waals surface area contributed by atoms with Crippen molar-refractivity contribution in [3.05, 3.63) is 10.1 Å². The Morgan fingerprint density at radius 1 is 1.42 bits per heavy atom. The van der Waals surface area contributed by atoms with Crippen LogP contribution in [0.2, 0.25) is 0 Å². The third kappa shape index (κ3) is 7.41. The summed E-state index contributed by atoms with van der Waals surface area (Å²) in [7, 11) is 0. The lowest BCUT2D eigenvalue weighted by Gasteiger charge is -1.81. The van der Waals surface area contributed by atoms with Gasteiger partial charge in [0.25, 0.3) is 0 Å². The normalized spacial score (nSPS) is 6.92. The number of nitriles is 1. The third-order valence-electron chi connectivity index (χ3n) is 0.463. The Balaban J connectivity index is 3.80. The zero-order chi connectivity index (χ0) is 9.23. The second kappa shape index (κ2) is 6.53. The van der Waals surface area contributed by atoms with Crippen LogP contribution >= 0.6 is 0 Å². The molecular weight excluding hydrogens is 162 g/mol. The molecule has 0 atom stereocenters. The highest BCUT2D eigenvalue weighted by molar-refractivity contribution is 5.31. The van der Waals surface area contributed by atoms with Crippen molar-refractivity contribution in [2.75, 3.05) is 0 Å². The predicted octanol–water partition coefficient (Wildman–Crippen LogP) is -0.377. The van der Waals surface area contributed by atoms with E-state index >= 15 is 0 Å². The van der Waals surface area contributed by atoms with Crippen molar-refractivity contribution in [2.24, 2.45) is 10.3 Å². The first-order chi connectivity index (χ1) is 5.77. The van der Waals surface area contributed by atoms with Gasteiger partial charge in [0.15, 0.2) is 11.3 Å². The van der Waals surface area contributed by atoms with Crippen molar-refractivity contribution in [1.82, 2.24) is 5.53 Å². The fraction of sp³-hybridized carbons (Fsp3) is 0. The maximum atomic E-state index is 9.56. The number of hydrogen-bond donors (Lipinski definition) is 1. The molecule has 0 unspecified atom stereocenters. The molecule has 0 bridgehead atoms. The summed E-state index contributed by atoms with van der Waals surface area (Å²) >= 11 is 0. The standard InChI is InChI=1S/C5HN5O2/c6-4-2-1-3-5-7-8-9-10(11)12/h(H,7,9). The van der Waals surface area contributed by atoms with Crippen LogP contribution in [0.1, 0.15) is 0 Å². The van der Waals surface area contributed by atoms with E-state index < -0.39 is 5.03 Å². The number of hydrogen-bond acceptors (Lipinski definition) is 5. The van der Waals surface area contributed by atoms with E-state index in [-0.39, 0.29) is 0 Å². The van der Waals surface area contributed by atoms with Crippen molar-refractivity contribution in [2.45, 2.75) is 0 Å². The highest BCUT2D eigenvalue weighted by Gasteiger charge is 1.82. The molecule has 0 rings (SSSR count). The Labute approximate surface area is 67.2 Å². The summed E-state index contributed by atoms with van der Waals surface area (Å²) in [6.07, 6.45) is 0. The number of rotatable bonds is 2. The molecule has 0 fully saturated rings. The van der Waals surface area contributed by atoms with Gasteiger partial charge in [-0.25, -0.2) is 0 Å². The van der Waals surface area contributed by atoms with Gasteiger partial charge in [-0.15, -0.1) is 0 Å². The van der Waals surface area contributed by atoms with Crippen LogP contribution in [0.15, 0.2) is 10.3 Å². The fourth-order valence-electron chi connectivity index (χ4n) is 0.196. The molecule has 0 spiro atoms. The number of nitro groups is 1. The predicted molar refractivity (Wildman–Crippen MR) is 36.2 cm³/mol. The molecular formula is C5HN5O2. The van der Waals surface area contributed by atoms with Gasteiger partial charge in [0.05, 0.1) is 5.03 Å². The quantitative estimate of drug-likeness (QED) is 0.259. The third-order valence-corrected chi connectivity index (χ3v) is 0.463. The summed E-state index contributed by atoms with van der Waals surface area (Å²) in [5.74, 6) is 6.18. The van der Waals surface area contributed by atoms with Gasteiger partial charge in [0, 0.05) is 28.4 Å². The smallest absolute Gasteiger partial charge is 0.184 e. The molecule has 0 amide bonds. The van der Waals surface area contributed by atoms with E-state index in [4.69, 9.17) is 5.26 Å². The molecule has 1 N–H and O–H groups in total. The second-order valence-corrected chi connectivity index (χ2v) is 1.16. The Kier molecular flexibility index (Phi) is 5.12. The minimum absolute atomic E-state index is 0.897. The summed E-state index contributed by atoms with van der Waals surface area (Å²) in [4.78, 5) is 9.56. The average molecular weight is 163 g/mol. The topological polar surface area (TPSA) is 104 Å². The largest absolute Gasteiger partial charge is 0.339 e. The second-order valence-electron chi connectivity index (χ2n) is 1.16. The zero-order valence-electron chi connectivity index (χ0n) is 5.61. The van der Waals surface area contributed by atoms with Crippen LogP contribution in [0.4, 0.5) is 0 Å². The molecule has 0 radical (unpaired) electrons. The van der Waals surface area contributed by atoms with Crippen molar-refractivity contribution in [3.8, 4) is 29.9 Å². The molecule has 58 valence electrons. The molecule has 0 aromatic carbocycles. The Bertz CT molecular complexity index is 344. The monoisotopic (exact) mass is 163 g/mol. The van der Waals surface area contributed by atoms with Crippen LogP contribution in [-0.4, -0.2) is 5.03 Å². The lowest BCUT2D eigenvalue weighted by atomic mass is 10.6. The summed E-state index contributed by atoms with van der Waals surface area (Å²) in [6.45, 7) is 0. The Hall–Kier alpha value is -2.59. The van der Waals surface area contributed by atoms with E-state index in [1.54, 1.807) is 0 Å². The maximum Gasteiger partial charge on any atom is 0.184 e. The van der Waals surface area contributed by atoms with Crippen LogP contribution in [0, 0.1) is 45.3 Å². The van der Waals surface area contributed by atoms with Crippen molar-refractivity contribution in [1.29, 1.82) is 5.26 Å². The van der Waals surface area contributed by atoms with Crippen LogP contribution in [0.3, 0.4) is 0 Å². The van der Waals surface area contributed by atoms with Crippen molar-refractivity contribution < 1.29 is 5.03 Å². The lowest BCUT2D eigenvalue weighted by molar-refractivity contribution is -0.546. The molecule has 0 aromatic rings. The summed E-state index contributed by atoms with van der Waals surface area (Å²) in [5.41, 5.74) is 1.40. The van der Waals surface area contributed by atoms with E-state index in [2.05, 4.69) is 22.2 Å². The summed E-state index contributed by atoms with van der Waals surface area (Å²) in [6, 6.07) is 3.51. The van der Waals surface area contributed by atoms with Gasteiger partial charge in [0.2, 0.25) is 0 Å². The average Bonchev–Trinajstić information content (AvgIpc) is 2.02. The van der Waals surface area contributed by atoms with Gasteiger partial charge in [-0.2, -0.15) is 5.26 Å². The van der Waals surface area contributed by atoms with Gasteiger partial charge in [-0.3, -0.25) is 0 Å². The van der Waals surface area contributed by atoms with Gasteiger partial charge < -0.3 is 10.1 Å². The number of nitrogens with zero attached hydrogens (tertiary/aromatic N) is 4. The Morgan fingerprint density at radius 2 is 2.17 bits per heavy atom. The molecule has 12 heavy (non-hydrogen) atoms. The molecule has 0 aliphatic carbocycles. The summed E-state index contributed by atoms with van der Waals surface area (Å²) in [5, 5.41) is 22.4. The first kappa shape index (κ1) is 9.41. The van der Waals surface area contributed by atoms with Crippen molar-refractivity contribution in [3.63, 3.8) is 0 Å². The highest BCUT2D eigenvalue weighted by Crippen LogP contribution is 1.65. The Morgan fingerprint density at radius 3 is 2.75 bits per heavy atom. The molecule has 7 heteroatoms. The van der Waals surface area contributed by atoms with E-state index in [9.17, 15) is 10.1 Å². The first-order valence-electron chi connectivity index (χ1n) is 2.46. The van der Waals surface area contributed by atoms with E-state index in [1.165, 1.54) is 11.6 Å². The molecule has 0 aliphatic rings. The first-order valence-corrected chi connectivity index (χ1v) is 2.46. The molecule has 7 nitrogen and oxygen atoms in total. The van der Waals surface area contributed by atoms with Gasteiger partial charge in [-0.05, 0) is 0 Å². The van der Waals surface area contributed by atoms with Gasteiger partial charge >= 0.3 is 0 Å². The van der Waals surface area contributed by atoms with E-state index in [0.29, 0.717) is 0 Å². The van der Waals surface area contributed by atoms with Crippen molar-refractivity contribution >= 4 is 0 Å². The summed E-state index contributed by atoms with van der Waals surface area (Å²) < 4.78 is 0. The van der Waals surface area contributed by atoms with Crippen LogP contribution in [-0.2, 0) is 0 Å². The molecule has 0 heterocycles. The molecule has 0 saturated carbocycles. The van der Waals surface area contributed by atoms with E-state index in [0.717, 1.165) is 0 Å². The van der Waals surface area contributed by atoms with Gasteiger partial charge in [-0.1, -0.05) is 0 Å². The molecule has 0 saturated heterocycles. The van der Waals surface area contributed by atoms with Crippen LogP contribution in [0.25, 0.3) is 0 Å². The van der Waals surface area contributed by atoms with Crippen LogP contribution in [0.5, 0.6) is 0 Å². The molecule has 0 aliphatic heterocycles. The minimum Gasteiger partial charge on any atom is -0.339 e. The SMILES string of the molecule is N#CC#CC#CN=NN[N+](=O)[O-]. The van der Waals surface area contributed by atoms with Crippen LogP contribution < -0.4 is 5.53 Å². The highest BCUT2D eigenvalue weighted by atomic mass is 16.7. The number of hydrazine groups is 1. The fourth-order valence-corrected chi connectivity index (χ4v) is 0.196. The van der Waals surface area contributed by atoms with Gasteiger partial charge in [0.1, 0.15) is 6.04 Å².